The van der Waals surface area contributed by atoms with Crippen LogP contribution in [0.4, 0.5) is 49.6 Å². The molecule has 3 aromatic rings. The maximum Gasteiger partial charge on any atom is 0.416 e. The van der Waals surface area contributed by atoms with Gasteiger partial charge in [0.25, 0.3) is 5.69 Å². The third-order valence-electron chi connectivity index (χ3n) is 7.53. The molecule has 0 radical (unpaired) electrons. The lowest BCUT2D eigenvalue weighted by Gasteiger charge is -2.39. The second-order valence-electron chi connectivity index (χ2n) is 11.0. The van der Waals surface area contributed by atoms with Crippen molar-refractivity contribution in [3.05, 3.63) is 91.8 Å². The quantitative estimate of drug-likeness (QED) is 0.140. The number of hydroxylamine groups is 2. The number of benzene rings is 3. The summed E-state index contributed by atoms with van der Waals surface area (Å²) in [7, 11) is 1.11. The molecule has 0 N–H and O–H groups in total. The number of hydrogen-bond acceptors (Lipinski definition) is 6. The topological polar surface area (TPSA) is 74.1 Å². The monoisotopic (exact) mass is 684 g/mol. The van der Waals surface area contributed by atoms with Crippen LogP contribution in [0.3, 0.4) is 0 Å². The van der Waals surface area contributed by atoms with Gasteiger partial charge in [0.05, 0.1) is 40.3 Å². The first kappa shape index (κ1) is 35.9. The number of hydrogen-bond donors (Lipinski definition) is 0. The number of alkyl halides is 9. The van der Waals surface area contributed by atoms with Crippen LogP contribution in [0.1, 0.15) is 66.2 Å². The number of nitro benzene ring substituents is 1. The molecule has 1 saturated heterocycles. The summed E-state index contributed by atoms with van der Waals surface area (Å²) in [5.74, 6) is -1.51. The standard InChI is InChI=1S/C30H26F10N2O5/c1-14(2)20-10-21(25(45-4)11-23(20)31)26-22(8-19(30(38,39)40)9-24(26)42(43)44)27-15(3)41(47-13-46-27)12-16-5-17(28(32,33)34)7-18(6-16)29(35,36)37/h5-11,14-15,27H,12-13H2,1-4H3/t15-,27+/m1/s1. The third-order valence-corrected chi connectivity index (χ3v) is 7.53. The van der Waals surface area contributed by atoms with Crippen LogP contribution in [-0.2, 0) is 34.6 Å². The summed E-state index contributed by atoms with van der Waals surface area (Å²) < 4.78 is 149. The van der Waals surface area contributed by atoms with Gasteiger partial charge >= 0.3 is 18.5 Å². The Bertz CT molecular complexity index is 1620. The van der Waals surface area contributed by atoms with Crippen LogP contribution in [0.25, 0.3) is 11.1 Å². The fourth-order valence-corrected chi connectivity index (χ4v) is 5.26. The summed E-state index contributed by atoms with van der Waals surface area (Å²) in [6.07, 6.45) is -16.9. The lowest BCUT2D eigenvalue weighted by Crippen LogP contribution is -2.43. The highest BCUT2D eigenvalue weighted by atomic mass is 19.4. The highest BCUT2D eigenvalue weighted by Crippen LogP contribution is 2.48. The Morgan fingerprint density at radius 2 is 1.47 bits per heavy atom. The summed E-state index contributed by atoms with van der Waals surface area (Å²) in [4.78, 5) is 16.5. The molecular formula is C30H26F10N2O5. The minimum absolute atomic E-state index is 0.0496. The molecule has 17 heteroatoms. The molecule has 1 heterocycles. The summed E-state index contributed by atoms with van der Waals surface area (Å²) in [5, 5.41) is 13.2. The first-order valence-corrected chi connectivity index (χ1v) is 13.7. The largest absolute Gasteiger partial charge is 0.496 e. The first-order chi connectivity index (χ1) is 21.6. The van der Waals surface area contributed by atoms with Crippen molar-refractivity contribution in [2.75, 3.05) is 13.9 Å². The summed E-state index contributed by atoms with van der Waals surface area (Å²) in [5.41, 5.74) is -7.17. The maximum atomic E-state index is 14.9. The van der Waals surface area contributed by atoms with Crippen LogP contribution >= 0.6 is 0 Å². The molecular weight excluding hydrogens is 658 g/mol. The number of rotatable bonds is 7. The zero-order valence-electron chi connectivity index (χ0n) is 24.9. The molecule has 256 valence electrons. The second-order valence-corrected chi connectivity index (χ2v) is 11.0. The molecule has 0 aliphatic carbocycles. The van der Waals surface area contributed by atoms with Crippen molar-refractivity contribution in [1.82, 2.24) is 5.06 Å². The van der Waals surface area contributed by atoms with Gasteiger partial charge in [-0.1, -0.05) is 13.8 Å². The fraction of sp³-hybridized carbons (Fsp3) is 0.400. The van der Waals surface area contributed by atoms with E-state index in [4.69, 9.17) is 14.3 Å². The molecule has 1 aliphatic rings. The van der Waals surface area contributed by atoms with E-state index in [1.807, 2.05) is 0 Å². The van der Waals surface area contributed by atoms with E-state index in [9.17, 15) is 54.0 Å². The maximum absolute atomic E-state index is 14.9. The van der Waals surface area contributed by atoms with Gasteiger partial charge in [0.1, 0.15) is 17.7 Å². The zero-order valence-corrected chi connectivity index (χ0v) is 24.9. The number of nitro groups is 1. The van der Waals surface area contributed by atoms with Gasteiger partial charge in [-0.15, -0.1) is 0 Å². The lowest BCUT2D eigenvalue weighted by atomic mass is 9.87. The normalized spacial score (nSPS) is 18.1. The summed E-state index contributed by atoms with van der Waals surface area (Å²) in [6, 6.07) is 2.59. The number of ether oxygens (including phenoxy) is 2. The van der Waals surface area contributed by atoms with E-state index in [1.165, 1.54) is 13.0 Å². The molecule has 47 heavy (non-hydrogen) atoms. The Hall–Kier alpha value is -3.96. The van der Waals surface area contributed by atoms with Crippen LogP contribution in [0.2, 0.25) is 0 Å². The summed E-state index contributed by atoms with van der Waals surface area (Å²) in [6.45, 7) is 3.04. The lowest BCUT2D eigenvalue weighted by molar-refractivity contribution is -0.384. The molecule has 3 aromatic carbocycles. The van der Waals surface area contributed by atoms with Gasteiger partial charge in [-0.3, -0.25) is 15.0 Å². The van der Waals surface area contributed by atoms with Gasteiger partial charge in [-0.05, 0) is 59.9 Å². The van der Waals surface area contributed by atoms with Crippen LogP contribution in [0, 0.1) is 15.9 Å². The van der Waals surface area contributed by atoms with Crippen LogP contribution in [-0.4, -0.2) is 29.9 Å². The predicted molar refractivity (Wildman–Crippen MR) is 145 cm³/mol. The minimum Gasteiger partial charge on any atom is -0.496 e. The molecule has 0 amide bonds. The van der Waals surface area contributed by atoms with Crippen molar-refractivity contribution in [3.8, 4) is 16.9 Å². The zero-order chi connectivity index (χ0) is 35.2. The Morgan fingerprint density at radius 1 is 0.915 bits per heavy atom. The number of halogens is 10. The number of methoxy groups -OCH3 is 1. The van der Waals surface area contributed by atoms with Crippen molar-refractivity contribution in [3.63, 3.8) is 0 Å². The van der Waals surface area contributed by atoms with E-state index >= 15 is 0 Å². The number of nitrogens with zero attached hydrogens (tertiary/aromatic N) is 2. The van der Waals surface area contributed by atoms with Gasteiger partial charge in [-0.25, -0.2) is 4.39 Å². The summed E-state index contributed by atoms with van der Waals surface area (Å²) >= 11 is 0. The molecule has 4 rings (SSSR count). The Balaban J connectivity index is 1.92. The Morgan fingerprint density at radius 3 is 1.96 bits per heavy atom. The first-order valence-electron chi connectivity index (χ1n) is 13.7. The minimum atomic E-state index is -5.15. The van der Waals surface area contributed by atoms with Crippen molar-refractivity contribution >= 4 is 5.69 Å². The van der Waals surface area contributed by atoms with E-state index in [0.29, 0.717) is 24.3 Å². The highest BCUT2D eigenvalue weighted by molar-refractivity contribution is 5.83. The molecule has 0 saturated carbocycles. The van der Waals surface area contributed by atoms with Gasteiger partial charge in [0.15, 0.2) is 6.79 Å². The Kier molecular flexibility index (Phi) is 9.86. The van der Waals surface area contributed by atoms with Gasteiger partial charge in [0, 0.05) is 24.2 Å². The molecule has 0 unspecified atom stereocenters. The van der Waals surface area contributed by atoms with E-state index < -0.39 is 99.7 Å². The second kappa shape index (κ2) is 12.9. The predicted octanol–water partition coefficient (Wildman–Crippen LogP) is 9.44. The van der Waals surface area contributed by atoms with Crippen LogP contribution in [0.5, 0.6) is 5.75 Å². The molecule has 0 aromatic heterocycles. The third kappa shape index (κ3) is 7.62. The van der Waals surface area contributed by atoms with E-state index in [0.717, 1.165) is 18.2 Å². The molecule has 1 aliphatic heterocycles. The van der Waals surface area contributed by atoms with E-state index in [-0.39, 0.29) is 22.9 Å². The van der Waals surface area contributed by atoms with Gasteiger partial charge in [-0.2, -0.15) is 44.6 Å². The fourth-order valence-electron chi connectivity index (χ4n) is 5.26. The average Bonchev–Trinajstić information content (AvgIpc) is 2.95. The van der Waals surface area contributed by atoms with Crippen molar-refractivity contribution in [2.45, 2.75) is 63.9 Å². The SMILES string of the molecule is COc1cc(F)c(C(C)C)cc1-c1c([C@H]2OCON(Cc3cc(C(F)(F)F)cc(C(F)(F)F)c3)[C@@H]2C)cc(C(F)(F)F)cc1[N+](=O)[O-]. The van der Waals surface area contributed by atoms with Crippen LogP contribution in [0.15, 0.2) is 42.5 Å². The van der Waals surface area contributed by atoms with E-state index in [1.54, 1.807) is 13.8 Å². The van der Waals surface area contributed by atoms with Gasteiger partial charge < -0.3 is 9.47 Å². The molecule has 7 nitrogen and oxygen atoms in total. The van der Waals surface area contributed by atoms with Crippen molar-refractivity contribution < 1.29 is 63.1 Å². The van der Waals surface area contributed by atoms with Crippen LogP contribution < -0.4 is 4.74 Å². The molecule has 2 atom stereocenters. The van der Waals surface area contributed by atoms with Crippen molar-refractivity contribution in [1.29, 1.82) is 0 Å². The molecule has 0 bridgehead atoms. The Labute approximate surface area is 260 Å². The molecule has 1 fully saturated rings. The van der Waals surface area contributed by atoms with Crippen molar-refractivity contribution in [2.24, 2.45) is 0 Å². The molecule has 0 spiro atoms. The van der Waals surface area contributed by atoms with E-state index in [2.05, 4.69) is 0 Å². The smallest absolute Gasteiger partial charge is 0.416 e. The van der Waals surface area contributed by atoms with Gasteiger partial charge in [0.2, 0.25) is 0 Å². The average molecular weight is 685 g/mol. The highest BCUT2D eigenvalue weighted by Gasteiger charge is 2.42.